The van der Waals surface area contributed by atoms with Gasteiger partial charge in [-0.05, 0) is 64.9 Å². The second-order valence-corrected chi connectivity index (χ2v) is 11.2. The molecule has 2 aliphatic rings. The highest BCUT2D eigenvalue weighted by atomic mass is 79.9. The molecule has 0 atom stereocenters. The molecular weight excluding hydrogens is 568 g/mol. The lowest BCUT2D eigenvalue weighted by Gasteiger charge is -2.41. The Bertz CT molecular complexity index is 1490. The fourth-order valence-corrected chi connectivity index (χ4v) is 6.30. The number of ether oxygens (including phenoxy) is 1. The van der Waals surface area contributed by atoms with Crippen molar-refractivity contribution in [2.75, 3.05) is 24.8 Å². The van der Waals surface area contributed by atoms with Crippen molar-refractivity contribution in [3.05, 3.63) is 124 Å². The van der Waals surface area contributed by atoms with E-state index in [1.165, 1.54) is 22.3 Å². The van der Waals surface area contributed by atoms with E-state index in [0.29, 0.717) is 31.6 Å². The first-order valence-electron chi connectivity index (χ1n) is 13.4. The quantitative estimate of drug-likeness (QED) is 0.196. The van der Waals surface area contributed by atoms with Gasteiger partial charge in [0.2, 0.25) is 0 Å². The Balaban J connectivity index is 1.18. The molecule has 1 N–H and O–H groups in total. The third-order valence-corrected chi connectivity index (χ3v) is 8.74. The van der Waals surface area contributed by atoms with E-state index >= 15 is 0 Å². The average molecular weight is 598 g/mol. The monoisotopic (exact) mass is 596 g/mol. The number of para-hydroxylation sites is 1. The van der Waals surface area contributed by atoms with Crippen molar-refractivity contribution in [1.29, 1.82) is 0 Å². The number of hydrogen-bond donors (Lipinski definition) is 1. The maximum absolute atomic E-state index is 13.8. The summed E-state index contributed by atoms with van der Waals surface area (Å²) in [5, 5.41) is 11.7. The van der Waals surface area contributed by atoms with Crippen molar-refractivity contribution in [2.45, 2.75) is 24.2 Å². The first kappa shape index (κ1) is 26.3. The van der Waals surface area contributed by atoms with E-state index in [0.717, 1.165) is 15.1 Å². The Kier molecular flexibility index (Phi) is 7.17. The van der Waals surface area contributed by atoms with Gasteiger partial charge in [0.1, 0.15) is 6.61 Å². The number of anilines is 1. The molecule has 40 heavy (non-hydrogen) atoms. The Morgan fingerprint density at radius 1 is 0.825 bits per heavy atom. The zero-order valence-corrected chi connectivity index (χ0v) is 23.5. The van der Waals surface area contributed by atoms with E-state index in [4.69, 9.17) is 4.74 Å². The zero-order valence-electron chi connectivity index (χ0n) is 21.9. The van der Waals surface area contributed by atoms with Gasteiger partial charge in [-0.1, -0.05) is 94.8 Å². The van der Waals surface area contributed by atoms with Crippen LogP contribution in [0.4, 0.5) is 10.5 Å². The molecular formula is C33H29BrN2O4. The van der Waals surface area contributed by atoms with Gasteiger partial charge in [0.25, 0.3) is 5.91 Å². The smallest absolute Gasteiger partial charge is 0.409 e. The minimum Gasteiger partial charge on any atom is -0.448 e. The minimum atomic E-state index is -0.981. The first-order chi connectivity index (χ1) is 19.5. The molecule has 2 amide bonds. The molecule has 1 heterocycles. The number of nitrogens with zero attached hydrogens (tertiary/aromatic N) is 2. The molecule has 1 aliphatic carbocycles. The molecule has 1 aliphatic heterocycles. The number of carbonyl (C=O) groups is 2. The predicted molar refractivity (Wildman–Crippen MR) is 157 cm³/mol. The molecule has 0 bridgehead atoms. The van der Waals surface area contributed by atoms with Gasteiger partial charge in [0.05, 0.1) is 11.1 Å². The first-order valence-corrected chi connectivity index (χ1v) is 14.2. The number of benzene rings is 4. The summed E-state index contributed by atoms with van der Waals surface area (Å²) in [7, 11) is 0. The van der Waals surface area contributed by atoms with Gasteiger partial charge in [-0.2, -0.15) is 5.06 Å². The highest BCUT2D eigenvalue weighted by molar-refractivity contribution is 9.10. The number of piperidine rings is 1. The number of amides is 2. The van der Waals surface area contributed by atoms with Crippen LogP contribution in [0.5, 0.6) is 0 Å². The summed E-state index contributed by atoms with van der Waals surface area (Å²) in [6.45, 7) is 0.917. The van der Waals surface area contributed by atoms with Crippen LogP contribution in [0.15, 0.2) is 108 Å². The zero-order chi connectivity index (χ0) is 27.7. The van der Waals surface area contributed by atoms with E-state index in [2.05, 4.69) is 40.2 Å². The minimum absolute atomic E-state index is 0.0154. The van der Waals surface area contributed by atoms with Crippen molar-refractivity contribution in [2.24, 2.45) is 0 Å². The van der Waals surface area contributed by atoms with Crippen LogP contribution in [0.1, 0.15) is 35.4 Å². The summed E-state index contributed by atoms with van der Waals surface area (Å²) < 4.78 is 6.78. The average Bonchev–Trinajstić information content (AvgIpc) is 3.33. The molecule has 6 rings (SSSR count). The number of likely N-dealkylation sites (tertiary alicyclic amines) is 1. The summed E-state index contributed by atoms with van der Waals surface area (Å²) in [6.07, 6.45) is 0.339. The van der Waals surface area contributed by atoms with E-state index in [1.807, 2.05) is 54.6 Å². The highest BCUT2D eigenvalue weighted by Crippen LogP contribution is 2.45. The van der Waals surface area contributed by atoms with Crippen molar-refractivity contribution in [3.63, 3.8) is 0 Å². The number of hydroxylamine groups is 1. The number of hydrogen-bond acceptors (Lipinski definition) is 4. The number of halogens is 1. The second kappa shape index (κ2) is 10.9. The molecule has 0 aromatic heterocycles. The lowest BCUT2D eigenvalue weighted by molar-refractivity contribution is -0.131. The van der Waals surface area contributed by atoms with Crippen LogP contribution >= 0.6 is 15.9 Å². The fraction of sp³-hybridized carbons (Fsp3) is 0.212. The summed E-state index contributed by atoms with van der Waals surface area (Å²) in [5.74, 6) is -0.424. The molecule has 4 aromatic rings. The van der Waals surface area contributed by atoms with Crippen molar-refractivity contribution in [3.8, 4) is 11.1 Å². The maximum Gasteiger partial charge on any atom is 0.409 e. The molecule has 1 fully saturated rings. The lowest BCUT2D eigenvalue weighted by Crippen LogP contribution is -2.53. The van der Waals surface area contributed by atoms with Crippen LogP contribution in [0, 0.1) is 0 Å². The maximum atomic E-state index is 13.8. The van der Waals surface area contributed by atoms with Crippen LogP contribution in [0.25, 0.3) is 11.1 Å². The van der Waals surface area contributed by atoms with Gasteiger partial charge in [0, 0.05) is 23.5 Å². The number of rotatable bonds is 5. The topological polar surface area (TPSA) is 70.1 Å². The van der Waals surface area contributed by atoms with Crippen molar-refractivity contribution >= 4 is 33.6 Å². The van der Waals surface area contributed by atoms with Gasteiger partial charge < -0.3 is 9.64 Å². The summed E-state index contributed by atoms with van der Waals surface area (Å²) in [4.78, 5) is 28.8. The SMILES string of the molecule is O=C(OCC1c2ccccc2-c2ccccc21)N1CCC(C(=O)N(O)c2ccccc2)(c2ccc(Br)cc2)CC1. The van der Waals surface area contributed by atoms with E-state index in [-0.39, 0.29) is 18.6 Å². The Labute approximate surface area is 241 Å². The van der Waals surface area contributed by atoms with Crippen molar-refractivity contribution < 1.29 is 19.5 Å². The standard InChI is InChI=1S/C33H29BrN2O4/c34-24-16-14-23(15-17-24)33(31(37)36(39)25-8-2-1-3-9-25)18-20-35(21-19-33)32(38)40-22-30-28-12-6-4-10-26(28)27-11-5-7-13-29(27)30/h1-17,30,39H,18-22H2. The number of fused-ring (bicyclic) bond motifs is 3. The number of carbonyl (C=O) groups excluding carboxylic acids is 2. The van der Waals surface area contributed by atoms with Crippen LogP contribution in [-0.4, -0.2) is 41.8 Å². The van der Waals surface area contributed by atoms with Crippen LogP contribution in [0.3, 0.4) is 0 Å². The Morgan fingerprint density at radius 2 is 1.38 bits per heavy atom. The molecule has 7 heteroatoms. The third kappa shape index (κ3) is 4.69. The van der Waals surface area contributed by atoms with E-state index in [9.17, 15) is 14.8 Å². The largest absolute Gasteiger partial charge is 0.448 e. The molecule has 202 valence electrons. The summed E-state index contributed by atoms with van der Waals surface area (Å²) in [5.41, 5.74) is 4.93. The molecule has 0 saturated carbocycles. The van der Waals surface area contributed by atoms with Crippen LogP contribution in [0.2, 0.25) is 0 Å². The fourth-order valence-electron chi connectivity index (χ4n) is 6.04. The molecule has 6 nitrogen and oxygen atoms in total. The third-order valence-electron chi connectivity index (χ3n) is 8.21. The van der Waals surface area contributed by atoms with Gasteiger partial charge in [0.15, 0.2) is 0 Å². The second-order valence-electron chi connectivity index (χ2n) is 10.3. The van der Waals surface area contributed by atoms with Crippen molar-refractivity contribution in [1.82, 2.24) is 4.90 Å². The molecule has 4 aromatic carbocycles. The molecule has 1 saturated heterocycles. The van der Waals surface area contributed by atoms with Gasteiger partial charge in [-0.15, -0.1) is 0 Å². The molecule has 0 unspecified atom stereocenters. The molecule has 0 radical (unpaired) electrons. The Hall–Kier alpha value is -3.94. The van der Waals surface area contributed by atoms with E-state index in [1.54, 1.807) is 29.2 Å². The summed E-state index contributed by atoms with van der Waals surface area (Å²) >= 11 is 3.47. The van der Waals surface area contributed by atoms with Gasteiger partial charge in [-0.25, -0.2) is 4.79 Å². The Morgan fingerprint density at radius 3 is 1.98 bits per heavy atom. The normalized spacial score (nSPS) is 15.7. The molecule has 0 spiro atoms. The highest BCUT2D eigenvalue weighted by Gasteiger charge is 2.46. The van der Waals surface area contributed by atoms with Crippen LogP contribution in [-0.2, 0) is 14.9 Å². The summed E-state index contributed by atoms with van der Waals surface area (Å²) in [6, 6.07) is 32.9. The van der Waals surface area contributed by atoms with E-state index < -0.39 is 11.3 Å². The van der Waals surface area contributed by atoms with Crippen LogP contribution < -0.4 is 5.06 Å². The van der Waals surface area contributed by atoms with Gasteiger partial charge in [-0.3, -0.25) is 10.0 Å². The predicted octanol–water partition coefficient (Wildman–Crippen LogP) is 7.15. The van der Waals surface area contributed by atoms with Gasteiger partial charge >= 0.3 is 6.09 Å². The lowest BCUT2D eigenvalue weighted by atomic mass is 9.72.